The zero-order valence-electron chi connectivity index (χ0n) is 13.4. The highest BCUT2D eigenvalue weighted by atomic mass is 79.9. The van der Waals surface area contributed by atoms with Gasteiger partial charge in [0.25, 0.3) is 0 Å². The molecule has 0 aliphatic carbocycles. The molecule has 0 unspecified atom stereocenters. The third kappa shape index (κ3) is 4.01. The highest BCUT2D eigenvalue weighted by Crippen LogP contribution is 2.36. The number of rotatable bonds is 3. The van der Waals surface area contributed by atoms with Crippen molar-refractivity contribution < 1.29 is 24.6 Å². The van der Waals surface area contributed by atoms with Crippen molar-refractivity contribution in [2.24, 2.45) is 10.2 Å². The molecule has 0 saturated heterocycles. The van der Waals surface area contributed by atoms with Crippen LogP contribution in [0.4, 0.5) is 11.4 Å². The molecule has 1 heterocycles. The number of carbonyl (C=O) groups is 3. The molecule has 136 valence electrons. The predicted molar refractivity (Wildman–Crippen MR) is 99.2 cm³/mol. The molecular formula is C17H11BrN4O5. The SMILES string of the molecule is O=C(N=Nc1c(O)[nH]c2ccc(Br)cc12)C(=O)Nc1cccc(C(=O)O)c1. The van der Waals surface area contributed by atoms with Gasteiger partial charge in [-0.25, -0.2) is 4.79 Å². The summed E-state index contributed by atoms with van der Waals surface area (Å²) in [5, 5.41) is 28.6. The number of aromatic amines is 1. The molecule has 3 aromatic rings. The standard InChI is InChI=1S/C17H11BrN4O5/c18-9-4-5-12-11(7-9)13(14(23)20-12)21-22-16(25)15(24)19-10-3-1-2-8(6-10)17(26)27/h1-7,20,23H,(H,19,24)(H,26,27). The van der Waals surface area contributed by atoms with E-state index in [1.165, 1.54) is 24.3 Å². The van der Waals surface area contributed by atoms with Gasteiger partial charge >= 0.3 is 17.8 Å². The summed E-state index contributed by atoms with van der Waals surface area (Å²) in [7, 11) is 0. The Hall–Kier alpha value is -3.53. The van der Waals surface area contributed by atoms with Gasteiger partial charge in [0.2, 0.25) is 5.88 Å². The van der Waals surface area contributed by atoms with Crippen LogP contribution in [0.25, 0.3) is 10.9 Å². The van der Waals surface area contributed by atoms with Gasteiger partial charge in [0.15, 0.2) is 5.69 Å². The number of nitrogens with zero attached hydrogens (tertiary/aromatic N) is 2. The minimum Gasteiger partial charge on any atom is -0.493 e. The van der Waals surface area contributed by atoms with Crippen LogP contribution >= 0.6 is 15.9 Å². The molecule has 0 aliphatic heterocycles. The van der Waals surface area contributed by atoms with Crippen molar-refractivity contribution >= 4 is 56.0 Å². The van der Waals surface area contributed by atoms with Crippen molar-refractivity contribution in [1.82, 2.24) is 4.98 Å². The molecule has 2 amide bonds. The topological polar surface area (TPSA) is 144 Å². The first kappa shape index (κ1) is 18.3. The third-order valence-corrected chi connectivity index (χ3v) is 4.01. The van der Waals surface area contributed by atoms with Crippen LogP contribution in [0.15, 0.2) is 57.2 Å². The van der Waals surface area contributed by atoms with E-state index in [0.29, 0.717) is 10.9 Å². The van der Waals surface area contributed by atoms with Gasteiger partial charge in [0.05, 0.1) is 11.1 Å². The van der Waals surface area contributed by atoms with E-state index >= 15 is 0 Å². The number of carboxylic acid groups (broad SMARTS) is 1. The van der Waals surface area contributed by atoms with Crippen LogP contribution in [0.1, 0.15) is 10.4 Å². The minimum atomic E-state index is -1.21. The number of halogens is 1. The quantitative estimate of drug-likeness (QED) is 0.370. The van der Waals surface area contributed by atoms with Gasteiger partial charge in [-0.05, 0) is 36.4 Å². The number of aromatic nitrogens is 1. The number of benzene rings is 2. The van der Waals surface area contributed by atoms with Crippen LogP contribution in [-0.4, -0.2) is 33.0 Å². The average molecular weight is 431 g/mol. The predicted octanol–water partition coefficient (Wildman–Crippen LogP) is 3.58. The summed E-state index contributed by atoms with van der Waals surface area (Å²) in [5.74, 6) is -3.77. The Morgan fingerprint density at radius 3 is 2.63 bits per heavy atom. The summed E-state index contributed by atoms with van der Waals surface area (Å²) in [6.07, 6.45) is 0. The second-order valence-electron chi connectivity index (χ2n) is 5.36. The number of hydrogen-bond acceptors (Lipinski definition) is 5. The number of anilines is 1. The first-order chi connectivity index (χ1) is 12.8. The zero-order chi connectivity index (χ0) is 19.6. The van der Waals surface area contributed by atoms with Crippen molar-refractivity contribution in [2.45, 2.75) is 0 Å². The van der Waals surface area contributed by atoms with Crippen LogP contribution in [-0.2, 0) is 9.59 Å². The highest BCUT2D eigenvalue weighted by molar-refractivity contribution is 9.10. The summed E-state index contributed by atoms with van der Waals surface area (Å²) in [4.78, 5) is 37.4. The van der Waals surface area contributed by atoms with Gasteiger partial charge < -0.3 is 20.5 Å². The van der Waals surface area contributed by atoms with E-state index < -0.39 is 17.8 Å². The van der Waals surface area contributed by atoms with Gasteiger partial charge in [0.1, 0.15) is 0 Å². The molecule has 4 N–H and O–H groups in total. The Kier molecular flexibility index (Phi) is 4.99. The van der Waals surface area contributed by atoms with E-state index in [2.05, 4.69) is 36.5 Å². The normalized spacial score (nSPS) is 11.0. The second-order valence-corrected chi connectivity index (χ2v) is 6.27. The van der Waals surface area contributed by atoms with E-state index in [1.54, 1.807) is 18.2 Å². The summed E-state index contributed by atoms with van der Waals surface area (Å²) >= 11 is 3.29. The van der Waals surface area contributed by atoms with Crippen LogP contribution < -0.4 is 5.32 Å². The summed E-state index contributed by atoms with van der Waals surface area (Å²) in [5.41, 5.74) is 0.672. The lowest BCUT2D eigenvalue weighted by molar-refractivity contribution is -0.134. The number of carbonyl (C=O) groups excluding carboxylic acids is 2. The Balaban J connectivity index is 1.78. The second kappa shape index (κ2) is 7.38. The van der Waals surface area contributed by atoms with Gasteiger partial charge in [-0.3, -0.25) is 9.59 Å². The fraction of sp³-hybridized carbons (Fsp3) is 0. The van der Waals surface area contributed by atoms with Crippen molar-refractivity contribution in [3.63, 3.8) is 0 Å². The molecule has 0 atom stereocenters. The van der Waals surface area contributed by atoms with E-state index in [0.717, 1.165) is 4.47 Å². The Bertz CT molecular complexity index is 1110. The fourth-order valence-corrected chi connectivity index (χ4v) is 2.65. The van der Waals surface area contributed by atoms with E-state index in [4.69, 9.17) is 5.11 Å². The Morgan fingerprint density at radius 1 is 1.11 bits per heavy atom. The smallest absolute Gasteiger partial charge is 0.353 e. The van der Waals surface area contributed by atoms with E-state index in [-0.39, 0.29) is 22.8 Å². The van der Waals surface area contributed by atoms with Crippen molar-refractivity contribution in [1.29, 1.82) is 0 Å². The summed E-state index contributed by atoms with van der Waals surface area (Å²) in [6, 6.07) is 10.5. The molecule has 2 aromatic carbocycles. The molecule has 1 aromatic heterocycles. The van der Waals surface area contributed by atoms with Crippen LogP contribution in [0.5, 0.6) is 5.88 Å². The maximum absolute atomic E-state index is 11.9. The monoisotopic (exact) mass is 430 g/mol. The van der Waals surface area contributed by atoms with E-state index in [1.807, 2.05) is 0 Å². The third-order valence-electron chi connectivity index (χ3n) is 3.52. The molecule has 3 rings (SSSR count). The van der Waals surface area contributed by atoms with E-state index in [9.17, 15) is 19.5 Å². The summed E-state index contributed by atoms with van der Waals surface area (Å²) in [6.45, 7) is 0. The Morgan fingerprint density at radius 2 is 1.89 bits per heavy atom. The molecule has 27 heavy (non-hydrogen) atoms. The fourth-order valence-electron chi connectivity index (χ4n) is 2.29. The zero-order valence-corrected chi connectivity index (χ0v) is 15.0. The molecule has 0 bridgehead atoms. The maximum atomic E-state index is 11.9. The molecule has 0 aliphatic rings. The molecule has 0 saturated carbocycles. The lowest BCUT2D eigenvalue weighted by Crippen LogP contribution is -2.20. The Labute approximate surface area is 159 Å². The number of H-pyrrole nitrogens is 1. The van der Waals surface area contributed by atoms with Gasteiger partial charge in [-0.1, -0.05) is 22.0 Å². The highest BCUT2D eigenvalue weighted by Gasteiger charge is 2.16. The van der Waals surface area contributed by atoms with Crippen molar-refractivity contribution in [3.8, 4) is 5.88 Å². The molecule has 0 fully saturated rings. The van der Waals surface area contributed by atoms with Crippen molar-refractivity contribution in [2.75, 3.05) is 5.32 Å². The molecule has 0 spiro atoms. The van der Waals surface area contributed by atoms with Gasteiger partial charge in [0, 0.05) is 15.5 Å². The number of nitrogens with one attached hydrogen (secondary N) is 2. The van der Waals surface area contributed by atoms with Crippen LogP contribution in [0, 0.1) is 0 Å². The average Bonchev–Trinajstić information content (AvgIpc) is 2.94. The van der Waals surface area contributed by atoms with Gasteiger partial charge in [-0.15, -0.1) is 10.2 Å². The van der Waals surface area contributed by atoms with Crippen LogP contribution in [0.3, 0.4) is 0 Å². The number of azo groups is 1. The minimum absolute atomic E-state index is 0.0142. The van der Waals surface area contributed by atoms with Gasteiger partial charge in [-0.2, -0.15) is 0 Å². The number of fused-ring (bicyclic) bond motifs is 1. The number of carboxylic acids is 1. The number of hydrogen-bond donors (Lipinski definition) is 4. The largest absolute Gasteiger partial charge is 0.493 e. The first-order valence-corrected chi connectivity index (χ1v) is 8.25. The lowest BCUT2D eigenvalue weighted by Gasteiger charge is -2.03. The number of amides is 2. The number of aromatic carboxylic acids is 1. The molecule has 9 nitrogen and oxygen atoms in total. The number of aromatic hydroxyl groups is 1. The first-order valence-electron chi connectivity index (χ1n) is 7.46. The molecule has 10 heteroatoms. The maximum Gasteiger partial charge on any atom is 0.353 e. The molecular weight excluding hydrogens is 420 g/mol. The van der Waals surface area contributed by atoms with Crippen molar-refractivity contribution in [3.05, 3.63) is 52.5 Å². The molecule has 0 radical (unpaired) electrons. The summed E-state index contributed by atoms with van der Waals surface area (Å²) < 4.78 is 0.729. The lowest BCUT2D eigenvalue weighted by atomic mass is 10.2. The van der Waals surface area contributed by atoms with Crippen LogP contribution in [0.2, 0.25) is 0 Å².